The van der Waals surface area contributed by atoms with Crippen molar-refractivity contribution in [2.24, 2.45) is 0 Å². The average Bonchev–Trinajstić information content (AvgIpc) is 2.70. The lowest BCUT2D eigenvalue weighted by Crippen LogP contribution is -2.51. The molecule has 3 amide bonds. The summed E-state index contributed by atoms with van der Waals surface area (Å²) in [7, 11) is 0. The largest absolute Gasteiger partial charge is 0.464 e. The molecule has 2 N–H and O–H groups in total. The first kappa shape index (κ1) is 24.4. The fourth-order valence-corrected chi connectivity index (χ4v) is 2.92. The Labute approximate surface area is 172 Å². The van der Waals surface area contributed by atoms with E-state index >= 15 is 0 Å². The van der Waals surface area contributed by atoms with E-state index in [-0.39, 0.29) is 19.7 Å². The SMILES string of the molecule is CCCCCCCCc1ccc(CN(NC(=O)O)C(=O)N(CC=O)OCC)cc1. The molecule has 8 heteroatoms. The molecule has 1 aromatic carbocycles. The number of nitrogens with zero attached hydrogens (tertiary/aromatic N) is 2. The van der Waals surface area contributed by atoms with Gasteiger partial charge in [0.05, 0.1) is 13.2 Å². The highest BCUT2D eigenvalue weighted by atomic mass is 16.7. The van der Waals surface area contributed by atoms with Crippen molar-refractivity contribution in [3.63, 3.8) is 0 Å². The van der Waals surface area contributed by atoms with Crippen molar-refractivity contribution in [3.8, 4) is 0 Å². The van der Waals surface area contributed by atoms with Crippen LogP contribution in [0.25, 0.3) is 0 Å². The first-order chi connectivity index (χ1) is 14.0. The molecule has 0 atom stereocenters. The van der Waals surface area contributed by atoms with Crippen LogP contribution >= 0.6 is 0 Å². The van der Waals surface area contributed by atoms with Crippen LogP contribution < -0.4 is 5.43 Å². The highest BCUT2D eigenvalue weighted by Crippen LogP contribution is 2.13. The minimum atomic E-state index is -1.37. The molecule has 162 valence electrons. The number of hydrazine groups is 1. The number of carbonyl (C=O) groups excluding carboxylic acids is 2. The van der Waals surface area contributed by atoms with Gasteiger partial charge in [-0.1, -0.05) is 63.3 Å². The number of carbonyl (C=O) groups is 3. The van der Waals surface area contributed by atoms with E-state index in [0.717, 1.165) is 28.5 Å². The standard InChI is InChI=1S/C21H33N3O5/c1-3-5-6-7-8-9-10-18-11-13-19(14-12-18)17-23(22-20(26)27)21(28)24(15-16-25)29-4-2/h11-14,16,22H,3-10,15,17H2,1-2H3,(H,26,27). The Kier molecular flexibility index (Phi) is 12.1. The van der Waals surface area contributed by atoms with Crippen LogP contribution in [0.5, 0.6) is 0 Å². The van der Waals surface area contributed by atoms with E-state index in [4.69, 9.17) is 9.94 Å². The summed E-state index contributed by atoms with van der Waals surface area (Å²) in [5.41, 5.74) is 4.04. The zero-order chi connectivity index (χ0) is 21.5. The van der Waals surface area contributed by atoms with Crippen LogP contribution in [-0.4, -0.2) is 46.7 Å². The van der Waals surface area contributed by atoms with Gasteiger partial charge in [-0.15, -0.1) is 0 Å². The maximum absolute atomic E-state index is 12.5. The van der Waals surface area contributed by atoms with E-state index in [1.165, 1.54) is 37.7 Å². The quantitative estimate of drug-likeness (QED) is 0.291. The van der Waals surface area contributed by atoms with Crippen molar-refractivity contribution in [1.82, 2.24) is 15.5 Å². The van der Waals surface area contributed by atoms with Crippen LogP contribution in [-0.2, 0) is 22.6 Å². The zero-order valence-corrected chi connectivity index (χ0v) is 17.4. The molecular formula is C21H33N3O5. The lowest BCUT2D eigenvalue weighted by Gasteiger charge is -2.27. The van der Waals surface area contributed by atoms with Crippen LogP contribution in [0.1, 0.15) is 63.5 Å². The fourth-order valence-electron chi connectivity index (χ4n) is 2.92. The van der Waals surface area contributed by atoms with Gasteiger partial charge in [-0.05, 0) is 30.9 Å². The molecule has 1 rings (SSSR count). The molecule has 0 aromatic heterocycles. The number of amides is 3. The number of hydrogen-bond donors (Lipinski definition) is 2. The van der Waals surface area contributed by atoms with Crippen molar-refractivity contribution >= 4 is 18.4 Å². The molecular weight excluding hydrogens is 374 g/mol. The summed E-state index contributed by atoms with van der Waals surface area (Å²) in [6.07, 6.45) is 7.60. The summed E-state index contributed by atoms with van der Waals surface area (Å²) in [4.78, 5) is 39.5. The fraction of sp³-hybridized carbons (Fsp3) is 0.571. The van der Waals surface area contributed by atoms with Crippen LogP contribution in [0.3, 0.4) is 0 Å². The summed E-state index contributed by atoms with van der Waals surface area (Å²) in [5.74, 6) is 0. The van der Waals surface area contributed by atoms with Gasteiger partial charge in [0.2, 0.25) is 0 Å². The first-order valence-corrected chi connectivity index (χ1v) is 10.2. The van der Waals surface area contributed by atoms with Gasteiger partial charge in [0.25, 0.3) is 0 Å². The van der Waals surface area contributed by atoms with Crippen LogP contribution in [0.15, 0.2) is 24.3 Å². The van der Waals surface area contributed by atoms with Gasteiger partial charge in [-0.2, -0.15) is 5.06 Å². The lowest BCUT2D eigenvalue weighted by molar-refractivity contribution is -0.136. The molecule has 29 heavy (non-hydrogen) atoms. The Morgan fingerprint density at radius 1 is 1.03 bits per heavy atom. The second kappa shape index (κ2) is 14.4. The molecule has 0 aliphatic carbocycles. The third-order valence-corrected chi connectivity index (χ3v) is 4.38. The van der Waals surface area contributed by atoms with Gasteiger partial charge in [0.15, 0.2) is 0 Å². The van der Waals surface area contributed by atoms with E-state index in [1.807, 2.05) is 24.3 Å². The molecule has 0 fully saturated rings. The minimum Gasteiger partial charge on any atom is -0.464 e. The first-order valence-electron chi connectivity index (χ1n) is 10.2. The van der Waals surface area contributed by atoms with Gasteiger partial charge in [0, 0.05) is 0 Å². The predicted molar refractivity (Wildman–Crippen MR) is 110 cm³/mol. The average molecular weight is 408 g/mol. The Bertz CT molecular complexity index is 621. The zero-order valence-electron chi connectivity index (χ0n) is 17.4. The highest BCUT2D eigenvalue weighted by Gasteiger charge is 2.23. The van der Waals surface area contributed by atoms with E-state index in [0.29, 0.717) is 6.29 Å². The second-order valence-electron chi connectivity index (χ2n) is 6.77. The number of benzene rings is 1. The molecule has 0 saturated carbocycles. The maximum Gasteiger partial charge on any atom is 0.423 e. The smallest absolute Gasteiger partial charge is 0.423 e. The number of nitrogens with one attached hydrogen (secondary N) is 1. The number of aryl methyl sites for hydroxylation is 1. The number of hydrogen-bond acceptors (Lipinski definition) is 4. The Morgan fingerprint density at radius 2 is 1.66 bits per heavy atom. The maximum atomic E-state index is 12.5. The van der Waals surface area contributed by atoms with Gasteiger partial charge in [-0.25, -0.2) is 20.0 Å². The van der Waals surface area contributed by atoms with E-state index in [1.54, 1.807) is 6.92 Å². The van der Waals surface area contributed by atoms with Gasteiger partial charge >= 0.3 is 12.1 Å². The number of rotatable bonds is 13. The normalized spacial score (nSPS) is 10.4. The van der Waals surface area contributed by atoms with Gasteiger partial charge in [-0.3, -0.25) is 4.84 Å². The third-order valence-electron chi connectivity index (χ3n) is 4.38. The monoisotopic (exact) mass is 407 g/mol. The van der Waals surface area contributed by atoms with Gasteiger partial charge < -0.3 is 9.90 Å². The third kappa shape index (κ3) is 9.94. The number of urea groups is 1. The van der Waals surface area contributed by atoms with Crippen molar-refractivity contribution in [1.29, 1.82) is 0 Å². The molecule has 8 nitrogen and oxygen atoms in total. The van der Waals surface area contributed by atoms with E-state index in [2.05, 4.69) is 12.3 Å². The Morgan fingerprint density at radius 3 is 2.24 bits per heavy atom. The predicted octanol–water partition coefficient (Wildman–Crippen LogP) is 4.15. The summed E-state index contributed by atoms with van der Waals surface area (Å²) in [6, 6.07) is 6.99. The summed E-state index contributed by atoms with van der Waals surface area (Å²) >= 11 is 0. The van der Waals surface area contributed by atoms with Crippen LogP contribution in [0, 0.1) is 0 Å². The lowest BCUT2D eigenvalue weighted by atomic mass is 10.0. The molecule has 0 aliphatic rings. The highest BCUT2D eigenvalue weighted by molar-refractivity contribution is 5.78. The van der Waals surface area contributed by atoms with E-state index in [9.17, 15) is 14.4 Å². The topological polar surface area (TPSA) is 99.2 Å². The van der Waals surface area contributed by atoms with Crippen LogP contribution in [0.2, 0.25) is 0 Å². The molecule has 0 bridgehead atoms. The molecule has 0 aliphatic heterocycles. The molecule has 0 spiro atoms. The number of hydroxylamine groups is 2. The van der Waals surface area contributed by atoms with E-state index < -0.39 is 12.1 Å². The van der Waals surface area contributed by atoms with Crippen molar-refractivity contribution in [3.05, 3.63) is 35.4 Å². The summed E-state index contributed by atoms with van der Waals surface area (Å²) < 4.78 is 0. The Hall–Kier alpha value is -2.61. The molecule has 0 radical (unpaired) electrons. The second-order valence-corrected chi connectivity index (χ2v) is 6.77. The summed E-state index contributed by atoms with van der Waals surface area (Å²) in [6.45, 7) is 3.78. The summed E-state index contributed by atoms with van der Waals surface area (Å²) in [5, 5.41) is 10.8. The molecule has 0 saturated heterocycles. The molecule has 0 unspecified atom stereocenters. The number of unbranched alkanes of at least 4 members (excludes halogenated alkanes) is 5. The molecule has 0 heterocycles. The number of aldehydes is 1. The van der Waals surface area contributed by atoms with Crippen molar-refractivity contribution in [2.75, 3.05) is 13.2 Å². The minimum absolute atomic E-state index is 0.0187. The van der Waals surface area contributed by atoms with Crippen molar-refractivity contribution < 1.29 is 24.3 Å². The number of carboxylic acid groups (broad SMARTS) is 1. The Balaban J connectivity index is 2.65. The molecule has 1 aromatic rings. The van der Waals surface area contributed by atoms with Crippen LogP contribution in [0.4, 0.5) is 9.59 Å². The van der Waals surface area contributed by atoms with Crippen molar-refractivity contribution in [2.45, 2.75) is 65.3 Å². The van der Waals surface area contributed by atoms with Gasteiger partial charge in [0.1, 0.15) is 12.8 Å².